The molecule has 6 nitrogen and oxygen atoms in total. The number of sulfonamides is 1. The molecule has 0 aromatic heterocycles. The summed E-state index contributed by atoms with van der Waals surface area (Å²) in [6.07, 6.45) is 3.18. The first-order chi connectivity index (χ1) is 13.8. The smallest absolute Gasteiger partial charge is 0.243 e. The second-order valence-corrected chi connectivity index (χ2v) is 10.6. The Morgan fingerprint density at radius 1 is 1.03 bits per heavy atom. The highest BCUT2D eigenvalue weighted by Gasteiger charge is 2.30. The fourth-order valence-electron chi connectivity index (χ4n) is 4.03. The highest BCUT2D eigenvalue weighted by atomic mass is 32.2. The summed E-state index contributed by atoms with van der Waals surface area (Å²) in [5.74, 6) is 1.30. The van der Waals surface area contributed by atoms with Crippen LogP contribution in [0.1, 0.15) is 51.5 Å². The van der Waals surface area contributed by atoms with Crippen molar-refractivity contribution in [3.63, 3.8) is 0 Å². The zero-order valence-corrected chi connectivity index (χ0v) is 18.8. The van der Waals surface area contributed by atoms with Crippen molar-refractivity contribution in [2.45, 2.75) is 50.8 Å². The highest BCUT2D eigenvalue weighted by molar-refractivity contribution is 7.89. The Bertz CT molecular complexity index is 778. The van der Waals surface area contributed by atoms with Crippen molar-refractivity contribution in [3.8, 4) is 0 Å². The zero-order valence-electron chi connectivity index (χ0n) is 18.0. The first kappa shape index (κ1) is 22.2. The number of hydrogen-bond acceptors (Lipinski definition) is 4. The fourth-order valence-corrected chi connectivity index (χ4v) is 5.45. The summed E-state index contributed by atoms with van der Waals surface area (Å²) in [6, 6.07) is 7.30. The van der Waals surface area contributed by atoms with Crippen LogP contribution in [-0.4, -0.2) is 74.2 Å². The molecule has 3 rings (SSSR count). The molecule has 0 saturated carbocycles. The predicted molar refractivity (Wildman–Crippen MR) is 115 cm³/mol. The fraction of sp³-hybridized carbons (Fsp3) is 0.682. The van der Waals surface area contributed by atoms with Gasteiger partial charge in [-0.2, -0.15) is 4.31 Å². The Labute approximate surface area is 175 Å². The average Bonchev–Trinajstić information content (AvgIpc) is 2.74. The molecule has 1 amide bonds. The second-order valence-electron chi connectivity index (χ2n) is 8.62. The molecule has 0 spiro atoms. The van der Waals surface area contributed by atoms with Crippen molar-refractivity contribution in [1.29, 1.82) is 0 Å². The van der Waals surface area contributed by atoms with Gasteiger partial charge in [0.15, 0.2) is 0 Å². The van der Waals surface area contributed by atoms with E-state index in [2.05, 4.69) is 25.7 Å². The van der Waals surface area contributed by atoms with E-state index in [0.717, 1.165) is 32.4 Å². The minimum absolute atomic E-state index is 0.175. The largest absolute Gasteiger partial charge is 0.342 e. The van der Waals surface area contributed by atoms with Gasteiger partial charge < -0.3 is 4.90 Å². The number of piperidine rings is 1. The van der Waals surface area contributed by atoms with E-state index in [1.54, 1.807) is 16.4 Å². The number of carbonyl (C=O) groups excluding carboxylic acids is 1. The summed E-state index contributed by atoms with van der Waals surface area (Å²) in [5.41, 5.74) is 1.17. The Kier molecular flexibility index (Phi) is 7.35. The van der Waals surface area contributed by atoms with Gasteiger partial charge in [-0.15, -0.1) is 0 Å². The molecule has 2 fully saturated rings. The van der Waals surface area contributed by atoms with E-state index in [1.165, 1.54) is 5.56 Å². The molecule has 1 unspecified atom stereocenters. The van der Waals surface area contributed by atoms with E-state index >= 15 is 0 Å². The molecule has 2 heterocycles. The Morgan fingerprint density at radius 2 is 1.62 bits per heavy atom. The first-order valence-corrected chi connectivity index (χ1v) is 12.4. The van der Waals surface area contributed by atoms with Crippen LogP contribution in [0.3, 0.4) is 0 Å². The third-order valence-corrected chi connectivity index (χ3v) is 8.44. The van der Waals surface area contributed by atoms with E-state index in [-0.39, 0.29) is 5.91 Å². The van der Waals surface area contributed by atoms with Crippen LogP contribution in [-0.2, 0) is 14.8 Å². The topological polar surface area (TPSA) is 60.9 Å². The molecule has 0 aliphatic carbocycles. The van der Waals surface area contributed by atoms with Crippen molar-refractivity contribution in [2.24, 2.45) is 5.92 Å². The Morgan fingerprint density at radius 3 is 2.17 bits per heavy atom. The monoisotopic (exact) mass is 421 g/mol. The van der Waals surface area contributed by atoms with E-state index in [0.29, 0.717) is 49.5 Å². The van der Waals surface area contributed by atoms with Gasteiger partial charge in [-0.3, -0.25) is 9.69 Å². The normalized spacial score (nSPS) is 21.3. The van der Waals surface area contributed by atoms with Gasteiger partial charge >= 0.3 is 0 Å². The van der Waals surface area contributed by atoms with E-state index in [9.17, 15) is 13.2 Å². The standard InChI is InChI=1S/C22H35N3O3S/c1-4-19(3)20-5-7-21(8-6-20)29(27,28)25-15-13-23(14-16-25)17-22(26)24-11-9-18(2)10-12-24/h5-8,18-19H,4,9-17H2,1-3H3. The van der Waals surface area contributed by atoms with Crippen LogP contribution >= 0.6 is 0 Å². The lowest BCUT2D eigenvalue weighted by atomic mass is 9.99. The molecular weight excluding hydrogens is 386 g/mol. The summed E-state index contributed by atoms with van der Waals surface area (Å²) < 4.78 is 27.5. The lowest BCUT2D eigenvalue weighted by molar-refractivity contribution is -0.134. The molecule has 2 aliphatic heterocycles. The first-order valence-electron chi connectivity index (χ1n) is 10.9. The summed E-state index contributed by atoms with van der Waals surface area (Å²) >= 11 is 0. The van der Waals surface area contributed by atoms with Gasteiger partial charge in [-0.25, -0.2) is 8.42 Å². The number of likely N-dealkylation sites (tertiary alicyclic amines) is 1. The quantitative estimate of drug-likeness (QED) is 0.709. The number of carbonyl (C=O) groups is 1. The van der Waals surface area contributed by atoms with E-state index in [1.807, 2.05) is 17.0 Å². The van der Waals surface area contributed by atoms with Gasteiger partial charge in [0.1, 0.15) is 0 Å². The molecule has 7 heteroatoms. The van der Waals surface area contributed by atoms with Gasteiger partial charge in [0.2, 0.25) is 15.9 Å². The minimum Gasteiger partial charge on any atom is -0.342 e. The van der Waals surface area contributed by atoms with Gasteiger partial charge in [-0.05, 0) is 48.8 Å². The molecule has 29 heavy (non-hydrogen) atoms. The second kappa shape index (κ2) is 9.58. The van der Waals surface area contributed by atoms with Crippen LogP contribution in [0.15, 0.2) is 29.2 Å². The van der Waals surface area contributed by atoms with Crippen LogP contribution in [0.2, 0.25) is 0 Å². The summed E-state index contributed by atoms with van der Waals surface area (Å²) in [4.78, 5) is 16.9. The van der Waals surface area contributed by atoms with Crippen LogP contribution in [0.4, 0.5) is 0 Å². The lowest BCUT2D eigenvalue weighted by Gasteiger charge is -2.36. The highest BCUT2D eigenvalue weighted by Crippen LogP contribution is 2.23. The van der Waals surface area contributed by atoms with Gasteiger partial charge in [0.25, 0.3) is 0 Å². The van der Waals surface area contributed by atoms with Crippen molar-refractivity contribution in [2.75, 3.05) is 45.8 Å². The average molecular weight is 422 g/mol. The maximum absolute atomic E-state index is 13.0. The number of nitrogens with zero attached hydrogens (tertiary/aromatic N) is 3. The van der Waals surface area contributed by atoms with Gasteiger partial charge in [0.05, 0.1) is 11.4 Å². The third kappa shape index (κ3) is 5.38. The van der Waals surface area contributed by atoms with Gasteiger partial charge in [-0.1, -0.05) is 32.9 Å². The molecule has 1 aromatic carbocycles. The maximum Gasteiger partial charge on any atom is 0.243 e. The molecule has 162 valence electrons. The summed E-state index contributed by atoms with van der Waals surface area (Å²) in [7, 11) is -3.48. The molecule has 0 N–H and O–H groups in total. The van der Waals surface area contributed by atoms with Crippen LogP contribution in [0, 0.1) is 5.92 Å². The number of piperazine rings is 1. The van der Waals surface area contributed by atoms with Crippen molar-refractivity contribution < 1.29 is 13.2 Å². The molecule has 0 radical (unpaired) electrons. The zero-order chi connectivity index (χ0) is 21.0. The number of amides is 1. The SMILES string of the molecule is CCC(C)c1ccc(S(=O)(=O)N2CCN(CC(=O)N3CCC(C)CC3)CC2)cc1. The van der Waals surface area contributed by atoms with E-state index < -0.39 is 10.0 Å². The van der Waals surface area contributed by atoms with Crippen LogP contribution in [0.5, 0.6) is 0 Å². The van der Waals surface area contributed by atoms with Crippen LogP contribution < -0.4 is 0 Å². The van der Waals surface area contributed by atoms with Crippen molar-refractivity contribution in [3.05, 3.63) is 29.8 Å². The predicted octanol–water partition coefficient (Wildman–Crippen LogP) is 2.76. The van der Waals surface area contributed by atoms with E-state index in [4.69, 9.17) is 0 Å². The molecule has 1 atom stereocenters. The van der Waals surface area contributed by atoms with Crippen LogP contribution in [0.25, 0.3) is 0 Å². The van der Waals surface area contributed by atoms with Gasteiger partial charge in [0, 0.05) is 39.3 Å². The summed E-state index contributed by atoms with van der Waals surface area (Å²) in [5, 5.41) is 0. The number of hydrogen-bond donors (Lipinski definition) is 0. The maximum atomic E-state index is 13.0. The molecule has 2 aliphatic rings. The molecule has 0 bridgehead atoms. The van der Waals surface area contributed by atoms with Crippen molar-refractivity contribution >= 4 is 15.9 Å². The number of rotatable bonds is 6. The number of benzene rings is 1. The van der Waals surface area contributed by atoms with Crippen molar-refractivity contribution in [1.82, 2.24) is 14.1 Å². The summed E-state index contributed by atoms with van der Waals surface area (Å²) in [6.45, 7) is 10.7. The third-order valence-electron chi connectivity index (χ3n) is 6.53. The minimum atomic E-state index is -3.48. The molecule has 1 aromatic rings. The molecular formula is C22H35N3O3S. The Hall–Kier alpha value is -1.44. The lowest BCUT2D eigenvalue weighted by Crippen LogP contribution is -2.52. The Balaban J connectivity index is 1.53. The molecule has 2 saturated heterocycles.